The van der Waals surface area contributed by atoms with Crippen molar-refractivity contribution >= 4 is 29.4 Å². The molecule has 0 saturated heterocycles. The van der Waals surface area contributed by atoms with Crippen LogP contribution in [-0.4, -0.2) is 16.2 Å². The first-order valence-electron chi connectivity index (χ1n) is 2.93. The molecule has 0 bridgehead atoms. The average molecular weight is 226 g/mol. The minimum absolute atomic E-state index is 0.180. The highest BCUT2D eigenvalue weighted by atomic mass is 35.5. The van der Waals surface area contributed by atoms with Gasteiger partial charge in [0.2, 0.25) is 5.75 Å². The Balaban J connectivity index is 3.13. The smallest absolute Gasteiger partial charge is 0.449 e. The fourth-order valence-electron chi connectivity index (χ4n) is 0.624. The van der Waals surface area contributed by atoms with E-state index in [4.69, 9.17) is 28.3 Å². The van der Waals surface area contributed by atoms with Gasteiger partial charge in [0, 0.05) is 6.07 Å². The Labute approximate surface area is 81.9 Å². The molecule has 0 aromatic carbocycles. The quantitative estimate of drug-likeness (QED) is 0.590. The molecule has 1 aromatic heterocycles. The van der Waals surface area contributed by atoms with Crippen LogP contribution < -0.4 is 4.74 Å². The van der Waals surface area contributed by atoms with Gasteiger partial charge in [0.15, 0.2) is 11.0 Å². The summed E-state index contributed by atoms with van der Waals surface area (Å²) in [6, 6.07) is 0.797. The molecule has 0 radical (unpaired) electrons. The minimum Gasteiger partial charge on any atom is -0.449 e. The lowest BCUT2D eigenvalue weighted by atomic mass is 10.4. The number of carboxylic acid groups (broad SMARTS) is 1. The van der Waals surface area contributed by atoms with Gasteiger partial charge in [-0.25, -0.2) is 14.2 Å². The van der Waals surface area contributed by atoms with Gasteiger partial charge in [-0.05, 0) is 0 Å². The maximum atomic E-state index is 12.9. The number of hydrogen-bond donors (Lipinski definition) is 1. The number of nitrogens with zero attached hydrogens (tertiary/aromatic N) is 1. The molecular weight excluding hydrogens is 224 g/mol. The first kappa shape index (κ1) is 10.0. The predicted molar refractivity (Wildman–Crippen MR) is 42.9 cm³/mol. The Morgan fingerprint density at radius 1 is 1.62 bits per heavy atom. The van der Waals surface area contributed by atoms with Gasteiger partial charge in [-0.3, -0.25) is 0 Å². The molecule has 0 atom stereocenters. The summed E-state index contributed by atoms with van der Waals surface area (Å²) in [7, 11) is 0. The molecule has 4 nitrogen and oxygen atoms in total. The van der Waals surface area contributed by atoms with Crippen molar-refractivity contribution in [2.75, 3.05) is 0 Å². The fraction of sp³-hybridized carbons (Fsp3) is 0. The first-order chi connectivity index (χ1) is 6.00. The zero-order valence-corrected chi connectivity index (χ0v) is 7.43. The van der Waals surface area contributed by atoms with Crippen LogP contribution in [0.1, 0.15) is 0 Å². The van der Waals surface area contributed by atoms with E-state index in [9.17, 15) is 9.18 Å². The highest BCUT2D eigenvalue weighted by molar-refractivity contribution is 6.33. The topological polar surface area (TPSA) is 59.4 Å². The van der Waals surface area contributed by atoms with Crippen LogP contribution in [0, 0.1) is 5.82 Å². The molecule has 1 aromatic rings. The molecule has 0 aliphatic heterocycles. The molecule has 0 unspecified atom stereocenters. The monoisotopic (exact) mass is 225 g/mol. The third kappa shape index (κ3) is 2.43. The number of aromatic nitrogens is 1. The summed E-state index contributed by atoms with van der Waals surface area (Å²) < 4.78 is 16.9. The first-order valence-corrected chi connectivity index (χ1v) is 3.68. The Morgan fingerprint density at radius 2 is 2.23 bits per heavy atom. The van der Waals surface area contributed by atoms with E-state index in [-0.39, 0.29) is 5.15 Å². The Kier molecular flexibility index (Phi) is 2.90. The Morgan fingerprint density at radius 3 is 2.69 bits per heavy atom. The lowest BCUT2D eigenvalue weighted by molar-refractivity contribution is 0.142. The molecule has 0 aliphatic carbocycles. The van der Waals surface area contributed by atoms with Crippen LogP contribution in [0.3, 0.4) is 0 Å². The van der Waals surface area contributed by atoms with Gasteiger partial charge in [-0.2, -0.15) is 0 Å². The molecule has 0 aliphatic rings. The summed E-state index contributed by atoms with van der Waals surface area (Å²) in [5, 5.41) is 7.56. The van der Waals surface area contributed by atoms with E-state index in [1.165, 1.54) is 0 Å². The van der Waals surface area contributed by atoms with Crippen molar-refractivity contribution in [3.05, 3.63) is 22.2 Å². The highest BCUT2D eigenvalue weighted by Crippen LogP contribution is 2.27. The zero-order valence-electron chi connectivity index (χ0n) is 5.92. The van der Waals surface area contributed by atoms with Crippen LogP contribution in [0.5, 0.6) is 5.75 Å². The van der Waals surface area contributed by atoms with Gasteiger partial charge >= 0.3 is 6.16 Å². The maximum absolute atomic E-state index is 12.9. The second-order valence-electron chi connectivity index (χ2n) is 1.91. The molecule has 0 spiro atoms. The molecule has 0 amide bonds. The van der Waals surface area contributed by atoms with E-state index in [1.54, 1.807) is 0 Å². The number of ether oxygens (including phenoxy) is 1. The summed E-state index contributed by atoms with van der Waals surface area (Å²) in [4.78, 5) is 13.4. The molecule has 0 saturated carbocycles. The van der Waals surface area contributed by atoms with Crippen molar-refractivity contribution in [1.82, 2.24) is 4.98 Å². The molecule has 1 rings (SSSR count). The lowest BCUT2D eigenvalue weighted by Crippen LogP contribution is -2.05. The van der Waals surface area contributed by atoms with Crippen molar-refractivity contribution in [1.29, 1.82) is 0 Å². The molecule has 13 heavy (non-hydrogen) atoms. The third-order valence-electron chi connectivity index (χ3n) is 1.04. The minimum atomic E-state index is -1.68. The van der Waals surface area contributed by atoms with E-state index in [1.807, 2.05) is 0 Å². The van der Waals surface area contributed by atoms with Crippen LogP contribution in [0.4, 0.5) is 9.18 Å². The molecular formula is C6H2Cl2FNO3. The van der Waals surface area contributed by atoms with Crippen LogP contribution in [0.25, 0.3) is 0 Å². The number of rotatable bonds is 1. The van der Waals surface area contributed by atoms with Crippen molar-refractivity contribution in [3.63, 3.8) is 0 Å². The van der Waals surface area contributed by atoms with Crippen LogP contribution >= 0.6 is 23.2 Å². The van der Waals surface area contributed by atoms with Gasteiger partial charge in [0.25, 0.3) is 0 Å². The number of hydrogen-bond acceptors (Lipinski definition) is 3. The van der Waals surface area contributed by atoms with Gasteiger partial charge in [0.1, 0.15) is 5.15 Å². The SMILES string of the molecule is O=C(O)Oc1c(F)cc(Cl)nc1Cl. The average Bonchev–Trinajstić information content (AvgIpc) is 1.96. The Hall–Kier alpha value is -1.07. The second kappa shape index (κ2) is 3.76. The molecule has 7 heteroatoms. The predicted octanol–water partition coefficient (Wildman–Crippen LogP) is 2.58. The third-order valence-corrected chi connectivity index (χ3v) is 1.49. The number of pyridine rings is 1. The number of halogens is 3. The van der Waals surface area contributed by atoms with Gasteiger partial charge in [0.05, 0.1) is 0 Å². The summed E-state index contributed by atoms with van der Waals surface area (Å²) >= 11 is 10.7. The maximum Gasteiger partial charge on any atom is 0.511 e. The van der Waals surface area contributed by atoms with Crippen LogP contribution in [0.2, 0.25) is 10.3 Å². The van der Waals surface area contributed by atoms with E-state index >= 15 is 0 Å². The van der Waals surface area contributed by atoms with Crippen molar-refractivity contribution < 1.29 is 19.0 Å². The Bertz CT molecular complexity index is 335. The molecule has 0 fully saturated rings. The molecule has 1 heterocycles. The highest BCUT2D eigenvalue weighted by Gasteiger charge is 2.14. The lowest BCUT2D eigenvalue weighted by Gasteiger charge is -2.02. The van der Waals surface area contributed by atoms with Gasteiger partial charge < -0.3 is 9.84 Å². The summed E-state index contributed by atoms with van der Waals surface area (Å²) in [5.74, 6) is -1.63. The zero-order chi connectivity index (χ0) is 10.0. The van der Waals surface area contributed by atoms with Crippen molar-refractivity contribution in [3.8, 4) is 5.75 Å². The molecule has 70 valence electrons. The summed E-state index contributed by atoms with van der Waals surface area (Å²) in [6.45, 7) is 0. The summed E-state index contributed by atoms with van der Waals surface area (Å²) in [6.07, 6.45) is -1.68. The van der Waals surface area contributed by atoms with E-state index in [0.717, 1.165) is 6.07 Å². The molecule has 1 N–H and O–H groups in total. The van der Waals surface area contributed by atoms with E-state index in [0.29, 0.717) is 0 Å². The van der Waals surface area contributed by atoms with Crippen LogP contribution in [-0.2, 0) is 0 Å². The number of carbonyl (C=O) groups is 1. The standard InChI is InChI=1S/C6H2Cl2FNO3/c7-3-1-2(9)4(5(8)10-3)13-6(11)12/h1H,(H,11,12). The second-order valence-corrected chi connectivity index (χ2v) is 2.66. The largest absolute Gasteiger partial charge is 0.511 e. The normalized spacial score (nSPS) is 9.77. The van der Waals surface area contributed by atoms with Gasteiger partial charge in [-0.1, -0.05) is 23.2 Å². The van der Waals surface area contributed by atoms with Crippen LogP contribution in [0.15, 0.2) is 6.07 Å². The van der Waals surface area contributed by atoms with Gasteiger partial charge in [-0.15, -0.1) is 0 Å². The van der Waals surface area contributed by atoms with E-state index < -0.39 is 22.9 Å². The fourth-order valence-corrected chi connectivity index (χ4v) is 1.07. The van der Waals surface area contributed by atoms with Crippen molar-refractivity contribution in [2.24, 2.45) is 0 Å². The van der Waals surface area contributed by atoms with Crippen molar-refractivity contribution in [2.45, 2.75) is 0 Å². The summed E-state index contributed by atoms with van der Waals surface area (Å²) in [5.41, 5.74) is 0. The van der Waals surface area contributed by atoms with E-state index in [2.05, 4.69) is 9.72 Å².